The third kappa shape index (κ3) is 3.20. The molecule has 1 unspecified atom stereocenters. The highest BCUT2D eigenvalue weighted by Gasteiger charge is 2.25. The number of aromatic nitrogens is 1. The first-order valence-electron chi connectivity index (χ1n) is 5.27. The summed E-state index contributed by atoms with van der Waals surface area (Å²) in [4.78, 5) is 6.65. The van der Waals surface area contributed by atoms with Gasteiger partial charge < -0.3 is 4.90 Å². The Bertz CT molecular complexity index is 372. The minimum Gasteiger partial charge on any atom is -0.356 e. The third-order valence-electron chi connectivity index (χ3n) is 2.96. The van der Waals surface area contributed by atoms with E-state index in [4.69, 9.17) is 0 Å². The Morgan fingerprint density at radius 3 is 2.31 bits per heavy atom. The fraction of sp³-hybridized carbons (Fsp3) is 0.583. The van der Waals surface area contributed by atoms with Crippen LogP contribution in [0.15, 0.2) is 21.2 Å². The first-order valence-corrected chi connectivity index (χ1v) is 6.86. The zero-order valence-electron chi connectivity index (χ0n) is 10.4. The van der Waals surface area contributed by atoms with Crippen molar-refractivity contribution in [3.63, 3.8) is 0 Å². The van der Waals surface area contributed by atoms with Crippen LogP contribution in [0.5, 0.6) is 0 Å². The SMILES string of the molecule is CC(N(C)c1ncc(Br)cc1Br)C(C)(C)C. The second-order valence-electron chi connectivity index (χ2n) is 5.11. The third-order valence-corrected chi connectivity index (χ3v) is 3.97. The molecule has 0 N–H and O–H groups in total. The lowest BCUT2D eigenvalue weighted by molar-refractivity contribution is 0.328. The summed E-state index contributed by atoms with van der Waals surface area (Å²) in [5, 5.41) is 0. The highest BCUT2D eigenvalue weighted by Crippen LogP contribution is 2.31. The molecule has 1 aromatic rings. The molecule has 0 saturated carbocycles. The molecule has 0 aliphatic rings. The molecule has 0 spiro atoms. The molecule has 0 aliphatic heterocycles. The Morgan fingerprint density at radius 2 is 1.88 bits per heavy atom. The Hall–Kier alpha value is -0.0900. The second-order valence-corrected chi connectivity index (χ2v) is 6.88. The average Bonchev–Trinajstić information content (AvgIpc) is 2.14. The van der Waals surface area contributed by atoms with E-state index in [0.29, 0.717) is 6.04 Å². The van der Waals surface area contributed by atoms with Gasteiger partial charge in [0, 0.05) is 23.8 Å². The lowest BCUT2D eigenvalue weighted by atomic mass is 9.87. The van der Waals surface area contributed by atoms with Gasteiger partial charge in [-0.2, -0.15) is 0 Å². The van der Waals surface area contributed by atoms with Gasteiger partial charge in [0.1, 0.15) is 5.82 Å². The molecular weight excluding hydrogens is 332 g/mol. The average molecular weight is 350 g/mol. The molecule has 0 amide bonds. The van der Waals surface area contributed by atoms with Crippen LogP contribution in [0.1, 0.15) is 27.7 Å². The molecule has 0 aliphatic carbocycles. The summed E-state index contributed by atoms with van der Waals surface area (Å²) in [7, 11) is 2.08. The normalized spacial score (nSPS) is 13.7. The summed E-state index contributed by atoms with van der Waals surface area (Å²) in [6.45, 7) is 8.93. The Morgan fingerprint density at radius 1 is 1.31 bits per heavy atom. The first kappa shape index (κ1) is 14.0. The number of rotatable bonds is 2. The Labute approximate surface area is 115 Å². The van der Waals surface area contributed by atoms with E-state index < -0.39 is 0 Å². The summed E-state index contributed by atoms with van der Waals surface area (Å²) >= 11 is 6.96. The topological polar surface area (TPSA) is 16.1 Å². The lowest BCUT2D eigenvalue weighted by Gasteiger charge is -2.36. The van der Waals surface area contributed by atoms with Gasteiger partial charge in [0.15, 0.2) is 0 Å². The first-order chi connectivity index (χ1) is 7.23. The van der Waals surface area contributed by atoms with Gasteiger partial charge in [-0.25, -0.2) is 4.98 Å². The maximum Gasteiger partial charge on any atom is 0.142 e. The molecule has 1 aromatic heterocycles. The van der Waals surface area contributed by atoms with Gasteiger partial charge in [-0.1, -0.05) is 20.8 Å². The molecule has 16 heavy (non-hydrogen) atoms. The Kier molecular flexibility index (Phi) is 4.41. The van der Waals surface area contributed by atoms with E-state index in [0.717, 1.165) is 14.8 Å². The van der Waals surface area contributed by atoms with Gasteiger partial charge in [0.25, 0.3) is 0 Å². The zero-order valence-corrected chi connectivity index (χ0v) is 13.6. The van der Waals surface area contributed by atoms with Gasteiger partial charge >= 0.3 is 0 Å². The van der Waals surface area contributed by atoms with Crippen LogP contribution in [0, 0.1) is 5.41 Å². The van der Waals surface area contributed by atoms with Crippen LogP contribution in [0.2, 0.25) is 0 Å². The van der Waals surface area contributed by atoms with E-state index in [-0.39, 0.29) is 5.41 Å². The number of hydrogen-bond acceptors (Lipinski definition) is 2. The molecule has 0 bridgehead atoms. The molecule has 1 rings (SSSR count). The number of anilines is 1. The fourth-order valence-electron chi connectivity index (χ4n) is 1.43. The van der Waals surface area contributed by atoms with E-state index in [9.17, 15) is 0 Å². The van der Waals surface area contributed by atoms with E-state index in [1.807, 2.05) is 12.3 Å². The van der Waals surface area contributed by atoms with E-state index in [2.05, 4.69) is 76.5 Å². The minimum absolute atomic E-state index is 0.225. The largest absolute Gasteiger partial charge is 0.356 e. The molecule has 1 heterocycles. The van der Waals surface area contributed by atoms with Crippen LogP contribution in [0.25, 0.3) is 0 Å². The van der Waals surface area contributed by atoms with Crippen LogP contribution >= 0.6 is 31.9 Å². The van der Waals surface area contributed by atoms with E-state index in [1.165, 1.54) is 0 Å². The summed E-state index contributed by atoms with van der Waals surface area (Å²) in [6, 6.07) is 2.44. The van der Waals surface area contributed by atoms with Crippen molar-refractivity contribution in [2.24, 2.45) is 5.41 Å². The van der Waals surface area contributed by atoms with Crippen LogP contribution < -0.4 is 4.90 Å². The van der Waals surface area contributed by atoms with Gasteiger partial charge in [0.2, 0.25) is 0 Å². The second kappa shape index (κ2) is 5.05. The molecule has 0 aromatic carbocycles. The van der Waals surface area contributed by atoms with Crippen molar-refractivity contribution in [2.45, 2.75) is 33.7 Å². The molecule has 0 radical (unpaired) electrons. The molecule has 2 nitrogen and oxygen atoms in total. The van der Waals surface area contributed by atoms with Crippen molar-refractivity contribution in [1.29, 1.82) is 0 Å². The molecule has 1 atom stereocenters. The van der Waals surface area contributed by atoms with Crippen molar-refractivity contribution in [1.82, 2.24) is 4.98 Å². The van der Waals surface area contributed by atoms with Crippen LogP contribution in [0.4, 0.5) is 5.82 Å². The maximum atomic E-state index is 4.44. The number of nitrogens with zero attached hydrogens (tertiary/aromatic N) is 2. The summed E-state index contributed by atoms with van der Waals surface area (Å²) < 4.78 is 2.00. The zero-order chi connectivity index (χ0) is 12.5. The fourth-order valence-corrected chi connectivity index (χ4v) is 2.70. The number of hydrogen-bond donors (Lipinski definition) is 0. The number of halogens is 2. The smallest absolute Gasteiger partial charge is 0.142 e. The molecule has 90 valence electrons. The van der Waals surface area contributed by atoms with Crippen LogP contribution in [0.3, 0.4) is 0 Å². The van der Waals surface area contributed by atoms with Crippen molar-refractivity contribution >= 4 is 37.7 Å². The predicted molar refractivity (Wildman–Crippen MR) is 77.0 cm³/mol. The number of pyridine rings is 1. The molecular formula is C12H18Br2N2. The standard InChI is InChI=1S/C12H18Br2N2/c1-8(12(2,3)4)16(5)11-10(14)6-9(13)7-15-11/h6-8H,1-5H3. The van der Waals surface area contributed by atoms with Crippen molar-refractivity contribution in [3.05, 3.63) is 21.2 Å². The van der Waals surface area contributed by atoms with Crippen molar-refractivity contribution < 1.29 is 0 Å². The summed E-state index contributed by atoms with van der Waals surface area (Å²) in [6.07, 6.45) is 1.83. The molecule has 4 heteroatoms. The van der Waals surface area contributed by atoms with E-state index in [1.54, 1.807) is 0 Å². The highest BCUT2D eigenvalue weighted by atomic mass is 79.9. The quantitative estimate of drug-likeness (QED) is 0.782. The van der Waals surface area contributed by atoms with Crippen LogP contribution in [-0.4, -0.2) is 18.1 Å². The van der Waals surface area contributed by atoms with Crippen molar-refractivity contribution in [3.8, 4) is 0 Å². The monoisotopic (exact) mass is 348 g/mol. The minimum atomic E-state index is 0.225. The van der Waals surface area contributed by atoms with Crippen LogP contribution in [-0.2, 0) is 0 Å². The lowest BCUT2D eigenvalue weighted by Crippen LogP contribution is -2.40. The van der Waals surface area contributed by atoms with Gasteiger partial charge in [-0.15, -0.1) is 0 Å². The van der Waals surface area contributed by atoms with Crippen molar-refractivity contribution in [2.75, 3.05) is 11.9 Å². The maximum absolute atomic E-state index is 4.44. The Balaban J connectivity index is 3.01. The highest BCUT2D eigenvalue weighted by molar-refractivity contribution is 9.11. The predicted octanol–water partition coefficient (Wildman–Crippen LogP) is 4.48. The summed E-state index contributed by atoms with van der Waals surface area (Å²) in [5.74, 6) is 0.977. The van der Waals surface area contributed by atoms with E-state index >= 15 is 0 Å². The van der Waals surface area contributed by atoms with Gasteiger partial charge in [-0.3, -0.25) is 0 Å². The molecule has 0 fully saturated rings. The summed E-state index contributed by atoms with van der Waals surface area (Å²) in [5.41, 5.74) is 0.225. The van der Waals surface area contributed by atoms with Gasteiger partial charge in [-0.05, 0) is 50.3 Å². The molecule has 0 saturated heterocycles. The van der Waals surface area contributed by atoms with Gasteiger partial charge in [0.05, 0.1) is 4.47 Å².